The number of phenolic OH excluding ortho intramolecular Hbond substituents is 1. The lowest BCUT2D eigenvalue weighted by molar-refractivity contribution is 0.0976. The molecular formula is C24H19N3O5S. The highest BCUT2D eigenvalue weighted by atomic mass is 32.1. The van der Waals surface area contributed by atoms with Crippen LogP contribution in [-0.4, -0.2) is 34.3 Å². The molecule has 0 saturated heterocycles. The summed E-state index contributed by atoms with van der Waals surface area (Å²) < 4.78 is 16.7. The number of hydrogen-bond acceptors (Lipinski definition) is 7. The van der Waals surface area contributed by atoms with E-state index in [0.29, 0.717) is 53.0 Å². The molecule has 1 aliphatic rings. The van der Waals surface area contributed by atoms with Crippen molar-refractivity contribution in [2.45, 2.75) is 6.92 Å². The number of carbonyl (C=O) groups excluding carboxylic acids is 1. The molecule has 0 aliphatic carbocycles. The van der Waals surface area contributed by atoms with Crippen molar-refractivity contribution in [3.05, 3.63) is 65.7 Å². The minimum atomic E-state index is -0.396. The number of aryl methyl sites for hydroxylation is 1. The molecule has 0 fully saturated rings. The predicted molar refractivity (Wildman–Crippen MR) is 127 cm³/mol. The Morgan fingerprint density at radius 3 is 2.67 bits per heavy atom. The van der Waals surface area contributed by atoms with Crippen LogP contribution in [-0.2, 0) is 0 Å². The molecule has 2 heterocycles. The number of amides is 1. The number of ether oxygens (including phenoxy) is 2. The molecule has 3 aromatic carbocycles. The molecule has 1 amide bonds. The van der Waals surface area contributed by atoms with Crippen LogP contribution in [0.25, 0.3) is 22.6 Å². The topological polar surface area (TPSA) is 106 Å². The third kappa shape index (κ3) is 4.31. The van der Waals surface area contributed by atoms with Crippen LogP contribution in [0.15, 0.2) is 59.0 Å². The Morgan fingerprint density at radius 2 is 1.85 bits per heavy atom. The summed E-state index contributed by atoms with van der Waals surface area (Å²) in [6.45, 7) is 2.88. The number of aromatic hydroxyl groups is 1. The molecular weight excluding hydrogens is 442 g/mol. The molecule has 0 radical (unpaired) electrons. The summed E-state index contributed by atoms with van der Waals surface area (Å²) in [6.07, 6.45) is 0. The summed E-state index contributed by atoms with van der Waals surface area (Å²) in [6, 6.07) is 15.5. The maximum absolute atomic E-state index is 12.5. The second-order valence-electron chi connectivity index (χ2n) is 7.49. The molecule has 0 spiro atoms. The SMILES string of the molecule is Cc1ccc2oc(-c3ccc(NC(=S)NC(=O)c4ccc5c(c4)OCCO5)cc3O)nc2c1. The molecule has 9 heteroatoms. The number of anilines is 1. The third-order valence-electron chi connectivity index (χ3n) is 5.06. The average Bonchev–Trinajstić information content (AvgIpc) is 3.21. The highest BCUT2D eigenvalue weighted by molar-refractivity contribution is 7.80. The second kappa shape index (κ2) is 8.44. The first-order valence-electron chi connectivity index (χ1n) is 10.2. The second-order valence-corrected chi connectivity index (χ2v) is 7.90. The molecule has 4 aromatic rings. The largest absolute Gasteiger partial charge is 0.507 e. The number of phenols is 1. The molecule has 3 N–H and O–H groups in total. The Morgan fingerprint density at radius 1 is 1.03 bits per heavy atom. The van der Waals surface area contributed by atoms with E-state index >= 15 is 0 Å². The molecule has 5 rings (SSSR count). The Kier molecular flexibility index (Phi) is 5.31. The van der Waals surface area contributed by atoms with E-state index in [9.17, 15) is 9.90 Å². The van der Waals surface area contributed by atoms with E-state index in [4.69, 9.17) is 26.1 Å². The number of thiocarbonyl (C=S) groups is 1. The van der Waals surface area contributed by atoms with E-state index in [0.717, 1.165) is 11.1 Å². The lowest BCUT2D eigenvalue weighted by Gasteiger charge is -2.18. The summed E-state index contributed by atoms with van der Waals surface area (Å²) in [5.74, 6) is 0.997. The van der Waals surface area contributed by atoms with Gasteiger partial charge in [0, 0.05) is 17.3 Å². The first kappa shape index (κ1) is 20.8. The summed E-state index contributed by atoms with van der Waals surface area (Å²) in [4.78, 5) is 17.0. The van der Waals surface area contributed by atoms with Gasteiger partial charge in [0.2, 0.25) is 5.89 Å². The molecule has 0 saturated carbocycles. The Balaban J connectivity index is 1.27. The molecule has 0 bridgehead atoms. The first-order chi connectivity index (χ1) is 16.0. The lowest BCUT2D eigenvalue weighted by Crippen LogP contribution is -2.34. The van der Waals surface area contributed by atoms with Gasteiger partial charge in [0.25, 0.3) is 5.91 Å². The Labute approximate surface area is 194 Å². The number of fused-ring (bicyclic) bond motifs is 2. The van der Waals surface area contributed by atoms with Crippen LogP contribution in [0.2, 0.25) is 0 Å². The minimum absolute atomic E-state index is 0.0377. The van der Waals surface area contributed by atoms with Crippen LogP contribution in [0.3, 0.4) is 0 Å². The summed E-state index contributed by atoms with van der Waals surface area (Å²) in [5.41, 5.74) is 3.75. The molecule has 1 aromatic heterocycles. The molecule has 1 aliphatic heterocycles. The summed E-state index contributed by atoms with van der Waals surface area (Å²) in [7, 11) is 0. The zero-order valence-electron chi connectivity index (χ0n) is 17.5. The number of oxazole rings is 1. The number of carbonyl (C=O) groups is 1. The van der Waals surface area contributed by atoms with Crippen LogP contribution in [0.1, 0.15) is 15.9 Å². The normalized spacial score (nSPS) is 12.4. The van der Waals surface area contributed by atoms with Crippen molar-refractivity contribution >= 4 is 40.0 Å². The van der Waals surface area contributed by atoms with Gasteiger partial charge >= 0.3 is 0 Å². The van der Waals surface area contributed by atoms with Crippen LogP contribution >= 0.6 is 12.2 Å². The zero-order valence-corrected chi connectivity index (χ0v) is 18.4. The van der Waals surface area contributed by atoms with Crippen molar-refractivity contribution in [2.75, 3.05) is 18.5 Å². The summed E-state index contributed by atoms with van der Waals surface area (Å²) in [5, 5.41) is 16.1. The zero-order chi connectivity index (χ0) is 22.9. The Hall–Kier alpha value is -4.11. The monoisotopic (exact) mass is 461 g/mol. The number of nitrogens with one attached hydrogen (secondary N) is 2. The van der Waals surface area contributed by atoms with Crippen molar-refractivity contribution in [2.24, 2.45) is 0 Å². The van der Waals surface area contributed by atoms with Crippen molar-refractivity contribution in [3.8, 4) is 28.7 Å². The fourth-order valence-electron chi connectivity index (χ4n) is 3.47. The van der Waals surface area contributed by atoms with Crippen molar-refractivity contribution in [1.82, 2.24) is 10.3 Å². The van der Waals surface area contributed by atoms with Gasteiger partial charge in [-0.05, 0) is 67.2 Å². The maximum atomic E-state index is 12.5. The van der Waals surface area contributed by atoms with E-state index in [1.54, 1.807) is 30.3 Å². The van der Waals surface area contributed by atoms with Crippen molar-refractivity contribution in [1.29, 1.82) is 0 Å². The van der Waals surface area contributed by atoms with E-state index in [-0.39, 0.29) is 10.9 Å². The fraction of sp³-hybridized carbons (Fsp3) is 0.125. The number of rotatable bonds is 3. The van der Waals surface area contributed by atoms with Gasteiger partial charge in [-0.2, -0.15) is 0 Å². The minimum Gasteiger partial charge on any atom is -0.507 e. The highest BCUT2D eigenvalue weighted by Crippen LogP contribution is 2.33. The number of hydrogen-bond donors (Lipinski definition) is 3. The van der Waals surface area contributed by atoms with Gasteiger partial charge in [0.15, 0.2) is 22.2 Å². The van der Waals surface area contributed by atoms with E-state index < -0.39 is 5.91 Å². The van der Waals surface area contributed by atoms with Gasteiger partial charge in [0.1, 0.15) is 24.5 Å². The maximum Gasteiger partial charge on any atom is 0.257 e. The van der Waals surface area contributed by atoms with Crippen LogP contribution in [0.5, 0.6) is 17.2 Å². The molecule has 0 atom stereocenters. The highest BCUT2D eigenvalue weighted by Gasteiger charge is 2.17. The third-order valence-corrected chi connectivity index (χ3v) is 5.26. The lowest BCUT2D eigenvalue weighted by atomic mass is 10.1. The van der Waals surface area contributed by atoms with Gasteiger partial charge in [0.05, 0.1) is 5.56 Å². The van der Waals surface area contributed by atoms with Crippen LogP contribution < -0.4 is 20.1 Å². The number of aromatic nitrogens is 1. The average molecular weight is 461 g/mol. The van der Waals surface area contributed by atoms with Crippen molar-refractivity contribution in [3.63, 3.8) is 0 Å². The van der Waals surface area contributed by atoms with E-state index in [1.165, 1.54) is 6.07 Å². The van der Waals surface area contributed by atoms with Gasteiger partial charge in [-0.1, -0.05) is 6.07 Å². The Bertz CT molecular complexity index is 1400. The molecule has 33 heavy (non-hydrogen) atoms. The predicted octanol–water partition coefficient (Wildman–Crippen LogP) is 4.41. The molecule has 166 valence electrons. The van der Waals surface area contributed by atoms with Gasteiger partial charge in [-0.3, -0.25) is 10.1 Å². The quantitative estimate of drug-likeness (QED) is 0.386. The van der Waals surface area contributed by atoms with E-state index in [1.807, 2.05) is 25.1 Å². The molecule has 0 unspecified atom stereocenters. The first-order valence-corrected chi connectivity index (χ1v) is 10.6. The smallest absolute Gasteiger partial charge is 0.257 e. The standard InChI is InChI=1S/C24H19N3O5S/c1-13-2-6-19-17(10-13)26-23(32-19)16-5-4-15(12-18(16)28)25-24(33)27-22(29)14-3-7-20-21(11-14)31-9-8-30-20/h2-7,10-12,28H,8-9H2,1H3,(H2,25,27,29,33). The number of benzene rings is 3. The number of nitrogens with zero attached hydrogens (tertiary/aromatic N) is 1. The van der Waals surface area contributed by atoms with Crippen molar-refractivity contribution < 1.29 is 23.8 Å². The molecule has 8 nitrogen and oxygen atoms in total. The van der Waals surface area contributed by atoms with Gasteiger partial charge in [-0.15, -0.1) is 0 Å². The van der Waals surface area contributed by atoms with E-state index in [2.05, 4.69) is 15.6 Å². The fourth-order valence-corrected chi connectivity index (χ4v) is 3.68. The van der Waals surface area contributed by atoms with Crippen LogP contribution in [0.4, 0.5) is 5.69 Å². The van der Waals surface area contributed by atoms with Gasteiger partial charge < -0.3 is 24.3 Å². The van der Waals surface area contributed by atoms with Crippen LogP contribution in [0, 0.1) is 6.92 Å². The van der Waals surface area contributed by atoms with Gasteiger partial charge in [-0.25, -0.2) is 4.98 Å². The summed E-state index contributed by atoms with van der Waals surface area (Å²) >= 11 is 5.25.